The van der Waals surface area contributed by atoms with E-state index in [0.717, 1.165) is 4.90 Å². The van der Waals surface area contributed by atoms with E-state index in [0.29, 0.717) is 17.1 Å². The molecule has 19 heteroatoms. The van der Waals surface area contributed by atoms with Crippen LogP contribution >= 0.6 is 11.8 Å². The van der Waals surface area contributed by atoms with E-state index in [-0.39, 0.29) is 46.2 Å². The number of methoxy groups -OCH3 is 1. The van der Waals surface area contributed by atoms with Gasteiger partial charge in [-0.3, -0.25) is 19.5 Å². The Bertz CT molecular complexity index is 2230. The summed E-state index contributed by atoms with van der Waals surface area (Å²) in [6, 6.07) is 21.0. The Morgan fingerprint density at radius 3 is 2.43 bits per heavy atom. The largest absolute Gasteiger partial charge is 0.493 e. The predicted molar refractivity (Wildman–Crippen MR) is 185 cm³/mol. The standard InChI is InChI=1S/C32H28N10O7S2/c1-4-42(26-11-7-8-17-34-26)32(43)49-48-31-27(47-25-10-6-5-9-24(25)46-2)30(39-51(44,45)22-14-12-21(50-3)13-15-22)35-28(36-31)20-16-18-33-23(19-20)29-37-40-41-38-29/h5-19H,4H2,1-3H3,(H,35,36,39)(H,37,38,40,41). The molecule has 6 rings (SSSR count). The molecule has 0 aliphatic heterocycles. The Balaban J connectivity index is 1.48. The van der Waals surface area contributed by atoms with Crippen LogP contribution in [0.2, 0.25) is 0 Å². The third-order valence-corrected chi connectivity index (χ3v) is 9.08. The number of H-pyrrole nitrogens is 1. The molecule has 0 bridgehead atoms. The molecule has 0 radical (unpaired) electrons. The Hall–Kier alpha value is -6.34. The van der Waals surface area contributed by atoms with Gasteiger partial charge < -0.3 is 9.47 Å². The molecule has 2 aromatic carbocycles. The van der Waals surface area contributed by atoms with Crippen molar-refractivity contribution in [1.82, 2.24) is 40.6 Å². The fraction of sp³-hybridized carbons (Fsp3) is 0.125. The third kappa shape index (κ3) is 7.94. The van der Waals surface area contributed by atoms with Gasteiger partial charge in [-0.15, -0.1) is 16.9 Å². The van der Waals surface area contributed by atoms with E-state index >= 15 is 0 Å². The first-order valence-corrected chi connectivity index (χ1v) is 17.7. The molecule has 0 saturated heterocycles. The van der Waals surface area contributed by atoms with E-state index in [1.54, 1.807) is 73.7 Å². The average Bonchev–Trinajstić information content (AvgIpc) is 3.71. The van der Waals surface area contributed by atoms with Crippen molar-refractivity contribution >= 4 is 39.5 Å². The third-order valence-electron chi connectivity index (χ3n) is 6.98. The minimum Gasteiger partial charge on any atom is -0.493 e. The lowest BCUT2D eigenvalue weighted by Gasteiger charge is -2.20. The molecule has 0 aliphatic rings. The molecule has 4 heterocycles. The van der Waals surface area contributed by atoms with E-state index in [4.69, 9.17) is 19.2 Å². The summed E-state index contributed by atoms with van der Waals surface area (Å²) in [4.78, 5) is 43.7. The lowest BCUT2D eigenvalue weighted by atomic mass is 10.2. The molecule has 0 unspecified atom stereocenters. The van der Waals surface area contributed by atoms with E-state index in [1.165, 1.54) is 48.3 Å². The number of hydrogen-bond donors (Lipinski definition) is 2. The van der Waals surface area contributed by atoms with Crippen molar-refractivity contribution in [3.8, 4) is 46.0 Å². The molecule has 1 amide bonds. The first-order chi connectivity index (χ1) is 24.8. The minimum absolute atomic E-state index is 0.0597. The zero-order valence-electron chi connectivity index (χ0n) is 27.1. The number of carbonyl (C=O) groups excluding carboxylic acids is 1. The number of nitrogens with zero attached hydrogens (tertiary/aromatic N) is 8. The summed E-state index contributed by atoms with van der Waals surface area (Å²) in [5, 5.41) is 13.7. The number of hydrogen-bond acceptors (Lipinski definition) is 15. The van der Waals surface area contributed by atoms with Crippen LogP contribution in [-0.2, 0) is 14.9 Å². The molecule has 4 aromatic heterocycles. The first kappa shape index (κ1) is 34.5. The molecule has 51 heavy (non-hydrogen) atoms. The molecule has 0 aliphatic carbocycles. The lowest BCUT2D eigenvalue weighted by Crippen LogP contribution is -2.33. The minimum atomic E-state index is -4.30. The Morgan fingerprint density at radius 2 is 1.75 bits per heavy atom. The molecule has 0 spiro atoms. The highest BCUT2D eigenvalue weighted by molar-refractivity contribution is 7.98. The quantitative estimate of drug-likeness (QED) is 0.0867. The lowest BCUT2D eigenvalue weighted by molar-refractivity contribution is -0.144. The van der Waals surface area contributed by atoms with Gasteiger partial charge in [0.05, 0.1) is 12.0 Å². The predicted octanol–water partition coefficient (Wildman–Crippen LogP) is 5.39. The van der Waals surface area contributed by atoms with Crippen molar-refractivity contribution in [3.63, 3.8) is 0 Å². The summed E-state index contributed by atoms with van der Waals surface area (Å²) < 4.78 is 41.8. The summed E-state index contributed by atoms with van der Waals surface area (Å²) in [6.07, 6.45) is 3.91. The second-order valence-electron chi connectivity index (χ2n) is 10.1. The molecule has 6 aromatic rings. The van der Waals surface area contributed by atoms with Gasteiger partial charge in [0.2, 0.25) is 5.75 Å². The highest BCUT2D eigenvalue weighted by atomic mass is 32.2. The molecule has 17 nitrogen and oxygen atoms in total. The Morgan fingerprint density at radius 1 is 0.961 bits per heavy atom. The van der Waals surface area contributed by atoms with Crippen LogP contribution in [0.1, 0.15) is 6.92 Å². The molecule has 260 valence electrons. The topological polar surface area (TPSA) is 209 Å². The number of aromatic nitrogens is 8. The Labute approximate surface area is 295 Å². The highest BCUT2D eigenvalue weighted by Gasteiger charge is 2.28. The van der Waals surface area contributed by atoms with E-state index in [2.05, 4.69) is 45.3 Å². The number of carbonyl (C=O) groups is 1. The van der Waals surface area contributed by atoms with Crippen LogP contribution < -0.4 is 24.0 Å². The van der Waals surface area contributed by atoms with Gasteiger partial charge >= 0.3 is 12.0 Å². The van der Waals surface area contributed by atoms with Crippen LogP contribution in [-0.4, -0.2) is 75.0 Å². The number of aromatic amines is 1. The molecule has 0 fully saturated rings. The number of ether oxygens (including phenoxy) is 2. The Kier molecular flexibility index (Phi) is 10.5. The van der Waals surface area contributed by atoms with Gasteiger partial charge in [0.15, 0.2) is 29.0 Å². The fourth-order valence-electron chi connectivity index (χ4n) is 4.52. The van der Waals surface area contributed by atoms with Gasteiger partial charge in [-0.25, -0.2) is 33.2 Å². The number of pyridine rings is 2. The summed E-state index contributed by atoms with van der Waals surface area (Å²) in [5.41, 5.74) is 0.666. The SMILES string of the molecule is CCN(C(=O)OOc1nc(-c2ccnc(-c3nnn[nH]3)c2)nc(NS(=O)(=O)c2ccc(SC)cc2)c1Oc1ccccc1OC)c1ccccn1. The maximum Gasteiger partial charge on any atom is 0.458 e. The highest BCUT2D eigenvalue weighted by Crippen LogP contribution is 2.42. The van der Waals surface area contributed by atoms with Crippen LogP contribution in [0.3, 0.4) is 0 Å². The number of rotatable bonds is 13. The summed E-state index contributed by atoms with van der Waals surface area (Å²) in [5.74, 6) is -0.263. The van der Waals surface area contributed by atoms with E-state index in [9.17, 15) is 13.2 Å². The number of sulfonamides is 1. The molecular formula is C32H28N10O7S2. The summed E-state index contributed by atoms with van der Waals surface area (Å²) in [6.45, 7) is 1.90. The maximum atomic E-state index is 13.8. The van der Waals surface area contributed by atoms with Crippen molar-refractivity contribution in [1.29, 1.82) is 0 Å². The van der Waals surface area contributed by atoms with Gasteiger partial charge in [-0.2, -0.15) is 4.98 Å². The zero-order chi connectivity index (χ0) is 35.8. The number of benzene rings is 2. The van der Waals surface area contributed by atoms with Gasteiger partial charge in [0.1, 0.15) is 11.5 Å². The van der Waals surface area contributed by atoms with Crippen molar-refractivity contribution < 1.29 is 32.5 Å². The summed E-state index contributed by atoms with van der Waals surface area (Å²) >= 11 is 1.46. The van der Waals surface area contributed by atoms with Gasteiger partial charge in [-0.05, 0) is 84.3 Å². The van der Waals surface area contributed by atoms with Crippen LogP contribution in [0.5, 0.6) is 23.1 Å². The van der Waals surface area contributed by atoms with Gasteiger partial charge in [0, 0.05) is 29.4 Å². The monoisotopic (exact) mass is 728 g/mol. The van der Waals surface area contributed by atoms with Crippen molar-refractivity contribution in [2.75, 3.05) is 29.5 Å². The molecular weight excluding hydrogens is 701 g/mol. The molecule has 0 atom stereocenters. The van der Waals surface area contributed by atoms with E-state index < -0.39 is 22.0 Å². The smallest absolute Gasteiger partial charge is 0.458 e. The first-order valence-electron chi connectivity index (χ1n) is 15.0. The number of para-hydroxylation sites is 2. The van der Waals surface area contributed by atoms with Crippen molar-refractivity contribution in [2.45, 2.75) is 16.7 Å². The van der Waals surface area contributed by atoms with Gasteiger partial charge in [0.25, 0.3) is 10.0 Å². The molecule has 2 N–H and O–H groups in total. The number of nitrogens with one attached hydrogen (secondary N) is 2. The number of thioether (sulfide) groups is 1. The second kappa shape index (κ2) is 15.5. The second-order valence-corrected chi connectivity index (χ2v) is 12.7. The van der Waals surface area contributed by atoms with Crippen LogP contribution in [0.25, 0.3) is 22.9 Å². The summed E-state index contributed by atoms with van der Waals surface area (Å²) in [7, 11) is -2.86. The van der Waals surface area contributed by atoms with Crippen molar-refractivity contribution in [3.05, 3.63) is 91.3 Å². The fourth-order valence-corrected chi connectivity index (χ4v) is 5.93. The maximum absolute atomic E-state index is 13.8. The van der Waals surface area contributed by atoms with Crippen LogP contribution in [0, 0.1) is 0 Å². The normalized spacial score (nSPS) is 11.0. The number of amides is 1. The van der Waals surface area contributed by atoms with Gasteiger partial charge in [-0.1, -0.05) is 18.2 Å². The number of tetrazole rings is 1. The molecule has 0 saturated carbocycles. The van der Waals surface area contributed by atoms with E-state index in [1.807, 2.05) is 6.26 Å². The van der Waals surface area contributed by atoms with Crippen LogP contribution in [0.15, 0.2) is 101 Å². The zero-order valence-corrected chi connectivity index (χ0v) is 28.8. The van der Waals surface area contributed by atoms with Crippen LogP contribution in [0.4, 0.5) is 16.4 Å². The average molecular weight is 729 g/mol. The van der Waals surface area contributed by atoms with Crippen molar-refractivity contribution in [2.24, 2.45) is 0 Å². The number of anilines is 2.